The molecule has 0 saturated heterocycles. The molecule has 1 heterocycles. The SMILES string of the molecule is ClCCCOc1ccc(-n2ccnc2)cc1. The van der Waals surface area contributed by atoms with Crippen LogP contribution in [0, 0.1) is 0 Å². The largest absolute Gasteiger partial charge is 0.494 e. The molecule has 84 valence electrons. The van der Waals surface area contributed by atoms with Crippen LogP contribution in [0.1, 0.15) is 6.42 Å². The molecule has 0 aliphatic rings. The van der Waals surface area contributed by atoms with Gasteiger partial charge in [-0.25, -0.2) is 4.98 Å². The average molecular weight is 237 g/mol. The van der Waals surface area contributed by atoms with Crippen molar-refractivity contribution >= 4 is 11.6 Å². The highest BCUT2D eigenvalue weighted by Gasteiger charge is 1.96. The van der Waals surface area contributed by atoms with E-state index >= 15 is 0 Å². The third kappa shape index (κ3) is 2.76. The lowest BCUT2D eigenvalue weighted by Gasteiger charge is -2.06. The molecule has 1 aromatic heterocycles. The van der Waals surface area contributed by atoms with Gasteiger partial charge in [-0.2, -0.15) is 0 Å². The number of hydrogen-bond acceptors (Lipinski definition) is 2. The Bertz CT molecular complexity index is 411. The molecule has 3 nitrogen and oxygen atoms in total. The molecule has 0 bridgehead atoms. The predicted molar refractivity (Wildman–Crippen MR) is 64.4 cm³/mol. The molecule has 0 saturated carbocycles. The van der Waals surface area contributed by atoms with Gasteiger partial charge in [-0.3, -0.25) is 0 Å². The van der Waals surface area contributed by atoms with E-state index < -0.39 is 0 Å². The zero-order valence-electron chi connectivity index (χ0n) is 8.84. The van der Waals surface area contributed by atoms with Crippen molar-refractivity contribution in [2.24, 2.45) is 0 Å². The van der Waals surface area contributed by atoms with Crippen LogP contribution in [0.5, 0.6) is 5.75 Å². The molecule has 0 aliphatic heterocycles. The average Bonchev–Trinajstić information content (AvgIpc) is 2.84. The Hall–Kier alpha value is -1.48. The monoisotopic (exact) mass is 236 g/mol. The highest BCUT2D eigenvalue weighted by Crippen LogP contribution is 2.15. The van der Waals surface area contributed by atoms with Gasteiger partial charge in [0, 0.05) is 24.0 Å². The molecule has 16 heavy (non-hydrogen) atoms. The Balaban J connectivity index is 2.00. The maximum absolute atomic E-state index is 5.57. The van der Waals surface area contributed by atoms with Crippen molar-refractivity contribution in [2.45, 2.75) is 6.42 Å². The van der Waals surface area contributed by atoms with Gasteiger partial charge >= 0.3 is 0 Å². The van der Waals surface area contributed by atoms with E-state index in [-0.39, 0.29) is 0 Å². The van der Waals surface area contributed by atoms with Gasteiger partial charge in [-0.05, 0) is 30.7 Å². The summed E-state index contributed by atoms with van der Waals surface area (Å²) in [6, 6.07) is 7.89. The van der Waals surface area contributed by atoms with Crippen LogP contribution >= 0.6 is 11.6 Å². The summed E-state index contributed by atoms with van der Waals surface area (Å²) in [5.74, 6) is 1.50. The molecule has 2 aromatic rings. The molecule has 0 fully saturated rings. The number of rotatable bonds is 5. The van der Waals surface area contributed by atoms with E-state index in [1.165, 1.54) is 0 Å². The maximum Gasteiger partial charge on any atom is 0.119 e. The number of alkyl halides is 1. The van der Waals surface area contributed by atoms with Crippen molar-refractivity contribution in [3.63, 3.8) is 0 Å². The summed E-state index contributed by atoms with van der Waals surface area (Å²) in [6.07, 6.45) is 6.29. The Morgan fingerprint density at radius 3 is 2.69 bits per heavy atom. The van der Waals surface area contributed by atoms with Crippen LogP contribution in [0.3, 0.4) is 0 Å². The third-order valence-electron chi connectivity index (χ3n) is 2.19. The lowest BCUT2D eigenvalue weighted by molar-refractivity contribution is 0.318. The minimum absolute atomic E-state index is 0.632. The van der Waals surface area contributed by atoms with Gasteiger partial charge in [0.05, 0.1) is 12.9 Å². The Morgan fingerprint density at radius 2 is 2.06 bits per heavy atom. The number of imidazole rings is 1. The fourth-order valence-electron chi connectivity index (χ4n) is 1.37. The van der Waals surface area contributed by atoms with E-state index in [0.29, 0.717) is 12.5 Å². The van der Waals surface area contributed by atoms with Gasteiger partial charge in [-0.1, -0.05) is 0 Å². The number of halogens is 1. The van der Waals surface area contributed by atoms with E-state index in [9.17, 15) is 0 Å². The highest BCUT2D eigenvalue weighted by atomic mass is 35.5. The first kappa shape index (κ1) is 11.0. The van der Waals surface area contributed by atoms with Gasteiger partial charge in [0.1, 0.15) is 5.75 Å². The van der Waals surface area contributed by atoms with Crippen molar-refractivity contribution in [3.05, 3.63) is 43.0 Å². The van der Waals surface area contributed by atoms with E-state index in [2.05, 4.69) is 4.98 Å². The van der Waals surface area contributed by atoms with Crippen LogP contribution in [0.25, 0.3) is 5.69 Å². The zero-order valence-corrected chi connectivity index (χ0v) is 9.60. The van der Waals surface area contributed by atoms with E-state index in [4.69, 9.17) is 16.3 Å². The second kappa shape index (κ2) is 5.56. The molecule has 4 heteroatoms. The minimum atomic E-state index is 0.632. The van der Waals surface area contributed by atoms with Crippen molar-refractivity contribution < 1.29 is 4.74 Å². The molecule has 0 radical (unpaired) electrons. The lowest BCUT2D eigenvalue weighted by atomic mass is 10.3. The minimum Gasteiger partial charge on any atom is -0.494 e. The number of hydrogen-bond donors (Lipinski definition) is 0. The Morgan fingerprint density at radius 1 is 1.25 bits per heavy atom. The van der Waals surface area contributed by atoms with Crippen LogP contribution < -0.4 is 4.74 Å². The van der Waals surface area contributed by atoms with Crippen LogP contribution in [0.15, 0.2) is 43.0 Å². The number of ether oxygens (including phenoxy) is 1. The molecule has 1 aromatic carbocycles. The molecule has 2 rings (SSSR count). The van der Waals surface area contributed by atoms with Crippen LogP contribution in [-0.2, 0) is 0 Å². The molecule has 0 amide bonds. The molecular formula is C12H13ClN2O. The second-order valence-corrected chi connectivity index (χ2v) is 3.73. The van der Waals surface area contributed by atoms with Crippen molar-refractivity contribution in [1.29, 1.82) is 0 Å². The summed E-state index contributed by atoms with van der Waals surface area (Å²) in [7, 11) is 0. The Kier molecular flexibility index (Phi) is 3.83. The summed E-state index contributed by atoms with van der Waals surface area (Å²) >= 11 is 5.57. The van der Waals surface area contributed by atoms with Gasteiger partial charge in [0.2, 0.25) is 0 Å². The zero-order chi connectivity index (χ0) is 11.2. The first-order valence-corrected chi connectivity index (χ1v) is 5.71. The van der Waals surface area contributed by atoms with Gasteiger partial charge in [0.15, 0.2) is 0 Å². The summed E-state index contributed by atoms with van der Waals surface area (Å²) in [4.78, 5) is 4.00. The van der Waals surface area contributed by atoms with E-state index in [1.54, 1.807) is 12.5 Å². The van der Waals surface area contributed by atoms with Crippen molar-refractivity contribution in [1.82, 2.24) is 9.55 Å². The van der Waals surface area contributed by atoms with E-state index in [0.717, 1.165) is 17.9 Å². The molecule has 0 spiro atoms. The standard InChI is InChI=1S/C12H13ClN2O/c13-6-1-9-16-12-4-2-11(3-5-12)15-8-7-14-10-15/h2-5,7-8,10H,1,6,9H2. The lowest BCUT2D eigenvalue weighted by Crippen LogP contribution is -1.98. The maximum atomic E-state index is 5.57. The van der Waals surface area contributed by atoms with Crippen molar-refractivity contribution in [2.75, 3.05) is 12.5 Å². The fourth-order valence-corrected chi connectivity index (χ4v) is 1.48. The first-order chi connectivity index (χ1) is 7.90. The predicted octanol–water partition coefficient (Wildman–Crippen LogP) is 2.88. The Labute approximate surface area is 99.6 Å². The second-order valence-electron chi connectivity index (χ2n) is 3.35. The number of benzene rings is 1. The number of aromatic nitrogens is 2. The summed E-state index contributed by atoms with van der Waals surface area (Å²) in [5, 5.41) is 0. The van der Waals surface area contributed by atoms with Crippen LogP contribution in [0.2, 0.25) is 0 Å². The summed E-state index contributed by atoms with van der Waals surface area (Å²) in [6.45, 7) is 0.661. The molecule has 0 N–H and O–H groups in total. The smallest absolute Gasteiger partial charge is 0.119 e. The van der Waals surface area contributed by atoms with Gasteiger partial charge < -0.3 is 9.30 Å². The third-order valence-corrected chi connectivity index (χ3v) is 2.45. The van der Waals surface area contributed by atoms with Crippen LogP contribution in [0.4, 0.5) is 0 Å². The topological polar surface area (TPSA) is 27.1 Å². The molecule has 0 atom stereocenters. The van der Waals surface area contributed by atoms with Gasteiger partial charge in [-0.15, -0.1) is 11.6 Å². The van der Waals surface area contributed by atoms with Crippen molar-refractivity contribution in [3.8, 4) is 11.4 Å². The van der Waals surface area contributed by atoms with E-state index in [1.807, 2.05) is 35.0 Å². The molecular weight excluding hydrogens is 224 g/mol. The quantitative estimate of drug-likeness (QED) is 0.590. The fraction of sp³-hybridized carbons (Fsp3) is 0.250. The normalized spacial score (nSPS) is 10.3. The highest BCUT2D eigenvalue weighted by molar-refractivity contribution is 6.17. The van der Waals surface area contributed by atoms with Crippen LogP contribution in [-0.4, -0.2) is 22.0 Å². The first-order valence-electron chi connectivity index (χ1n) is 5.17. The molecule has 0 aliphatic carbocycles. The summed E-state index contributed by atoms with van der Waals surface area (Å²) in [5.41, 5.74) is 1.07. The summed E-state index contributed by atoms with van der Waals surface area (Å²) < 4.78 is 7.46. The van der Waals surface area contributed by atoms with Gasteiger partial charge in [0.25, 0.3) is 0 Å². The molecule has 0 unspecified atom stereocenters. The number of nitrogens with zero attached hydrogens (tertiary/aromatic N) is 2.